The normalized spacial score (nSPS) is 10.0. The van der Waals surface area contributed by atoms with Gasteiger partial charge in [-0.25, -0.2) is 0 Å². The standard InChI is InChI=1S/2C12H13NO2.2Na/c2*14-12(15)7-3-5-10-8-9-4-1-2-6-11(9)13-10;;/h2*1-2,4,6,8,13H,3,5,7H2,(H,14,15);;/q;;2*+1/p-2. The van der Waals surface area contributed by atoms with E-state index in [4.69, 9.17) is 0 Å². The summed E-state index contributed by atoms with van der Waals surface area (Å²) in [5, 5.41) is 22.8. The van der Waals surface area contributed by atoms with E-state index in [2.05, 4.69) is 22.1 Å². The molecule has 0 aliphatic rings. The first-order chi connectivity index (χ1) is 14.5. The molecule has 2 N–H and O–H groups in total. The summed E-state index contributed by atoms with van der Waals surface area (Å²) in [6.45, 7) is 0. The van der Waals surface area contributed by atoms with E-state index in [0.717, 1.165) is 35.3 Å². The molecule has 32 heavy (non-hydrogen) atoms. The quantitative estimate of drug-likeness (QED) is 0.271. The average Bonchev–Trinajstić information content (AvgIpc) is 3.30. The van der Waals surface area contributed by atoms with Gasteiger partial charge in [0.25, 0.3) is 0 Å². The maximum atomic E-state index is 10.2. The molecule has 0 spiro atoms. The summed E-state index contributed by atoms with van der Waals surface area (Å²) >= 11 is 0. The number of aliphatic carboxylic acids is 2. The van der Waals surface area contributed by atoms with Gasteiger partial charge in [-0.15, -0.1) is 0 Å². The third kappa shape index (κ3) is 9.14. The van der Waals surface area contributed by atoms with E-state index in [1.807, 2.05) is 48.5 Å². The van der Waals surface area contributed by atoms with Crippen LogP contribution in [0.25, 0.3) is 21.8 Å². The fourth-order valence-corrected chi connectivity index (χ4v) is 3.38. The second-order valence-electron chi connectivity index (χ2n) is 7.21. The largest absolute Gasteiger partial charge is 1.00 e. The first kappa shape index (κ1) is 28.5. The first-order valence-corrected chi connectivity index (χ1v) is 10.0. The van der Waals surface area contributed by atoms with Crippen molar-refractivity contribution < 1.29 is 78.9 Å². The number of carbonyl (C=O) groups is 2. The summed E-state index contributed by atoms with van der Waals surface area (Å²) in [6.07, 6.45) is 2.99. The van der Waals surface area contributed by atoms with Gasteiger partial charge >= 0.3 is 59.1 Å². The SMILES string of the molecule is O=C([O-])CCCc1cc2ccccc2[nH]1.O=C([O-])CCCc1cc2ccccc2[nH]1.[Na+].[Na+]. The van der Waals surface area contributed by atoms with Crippen molar-refractivity contribution in [3.05, 3.63) is 72.1 Å². The zero-order valence-electron chi connectivity index (χ0n) is 18.6. The molecule has 0 aliphatic carbocycles. The van der Waals surface area contributed by atoms with Crippen molar-refractivity contribution in [3.8, 4) is 0 Å². The van der Waals surface area contributed by atoms with Crippen molar-refractivity contribution >= 4 is 33.7 Å². The molecule has 0 radical (unpaired) electrons. The molecule has 0 aliphatic heterocycles. The second-order valence-corrected chi connectivity index (χ2v) is 7.21. The molecule has 4 rings (SSSR count). The number of H-pyrrole nitrogens is 2. The Bertz CT molecular complexity index is 981. The van der Waals surface area contributed by atoms with Crippen LogP contribution in [0.5, 0.6) is 0 Å². The number of rotatable bonds is 8. The molecule has 2 aromatic carbocycles. The molecular weight excluding hydrogens is 426 g/mol. The Kier molecular flexibility index (Phi) is 13.0. The maximum Gasteiger partial charge on any atom is 1.00 e. The number of hydrogen-bond donors (Lipinski definition) is 2. The smallest absolute Gasteiger partial charge is 0.550 e. The van der Waals surface area contributed by atoms with Gasteiger partial charge in [0.15, 0.2) is 0 Å². The number of fused-ring (bicyclic) bond motifs is 2. The van der Waals surface area contributed by atoms with Crippen molar-refractivity contribution in [2.75, 3.05) is 0 Å². The van der Waals surface area contributed by atoms with E-state index in [1.165, 1.54) is 10.8 Å². The minimum atomic E-state index is -0.980. The predicted molar refractivity (Wildman–Crippen MR) is 112 cm³/mol. The summed E-state index contributed by atoms with van der Waals surface area (Å²) in [4.78, 5) is 27.0. The summed E-state index contributed by atoms with van der Waals surface area (Å²) in [7, 11) is 0. The fraction of sp³-hybridized carbons (Fsp3) is 0.250. The Labute approximate surface area is 231 Å². The number of aryl methyl sites for hydroxylation is 2. The molecule has 0 unspecified atom stereocenters. The van der Waals surface area contributed by atoms with Crippen molar-refractivity contribution in [3.63, 3.8) is 0 Å². The van der Waals surface area contributed by atoms with Crippen LogP contribution >= 0.6 is 0 Å². The van der Waals surface area contributed by atoms with Crippen LogP contribution in [0.3, 0.4) is 0 Å². The second kappa shape index (κ2) is 14.6. The van der Waals surface area contributed by atoms with Crippen LogP contribution in [0, 0.1) is 0 Å². The summed E-state index contributed by atoms with van der Waals surface area (Å²) in [5.74, 6) is -1.96. The summed E-state index contributed by atoms with van der Waals surface area (Å²) < 4.78 is 0. The van der Waals surface area contributed by atoms with Gasteiger partial charge in [0, 0.05) is 34.4 Å². The third-order valence-corrected chi connectivity index (χ3v) is 4.83. The van der Waals surface area contributed by atoms with E-state index in [0.29, 0.717) is 12.8 Å². The van der Waals surface area contributed by atoms with E-state index in [1.54, 1.807) is 0 Å². The number of carbonyl (C=O) groups excluding carboxylic acids is 2. The zero-order chi connectivity index (χ0) is 21.3. The molecule has 2 heterocycles. The van der Waals surface area contributed by atoms with Gasteiger partial charge in [0.2, 0.25) is 0 Å². The first-order valence-electron chi connectivity index (χ1n) is 10.0. The number of benzene rings is 2. The topological polar surface area (TPSA) is 112 Å². The fourth-order valence-electron chi connectivity index (χ4n) is 3.38. The molecule has 156 valence electrons. The number of aromatic nitrogens is 2. The minimum Gasteiger partial charge on any atom is -0.550 e. The van der Waals surface area contributed by atoms with E-state index >= 15 is 0 Å². The molecule has 4 aromatic rings. The van der Waals surface area contributed by atoms with Gasteiger partial charge in [-0.2, -0.15) is 0 Å². The Morgan fingerprint density at radius 2 is 1.03 bits per heavy atom. The average molecular weight is 450 g/mol. The summed E-state index contributed by atoms with van der Waals surface area (Å²) in [5.41, 5.74) is 4.36. The minimum absolute atomic E-state index is 0. The van der Waals surface area contributed by atoms with Crippen molar-refractivity contribution in [2.45, 2.75) is 38.5 Å². The zero-order valence-corrected chi connectivity index (χ0v) is 22.6. The monoisotopic (exact) mass is 450 g/mol. The number of aromatic amines is 2. The van der Waals surface area contributed by atoms with E-state index in [9.17, 15) is 19.8 Å². The van der Waals surface area contributed by atoms with Gasteiger partial charge in [-0.05, 0) is 73.6 Å². The molecule has 0 atom stereocenters. The van der Waals surface area contributed by atoms with E-state index in [-0.39, 0.29) is 72.0 Å². The van der Waals surface area contributed by atoms with Gasteiger partial charge in [0.05, 0.1) is 0 Å². The van der Waals surface area contributed by atoms with Crippen LogP contribution in [0.1, 0.15) is 37.1 Å². The number of nitrogens with one attached hydrogen (secondary N) is 2. The van der Waals surface area contributed by atoms with Gasteiger partial charge < -0.3 is 29.8 Å². The Morgan fingerprint density at radius 3 is 1.38 bits per heavy atom. The van der Waals surface area contributed by atoms with Crippen molar-refractivity contribution in [1.29, 1.82) is 0 Å². The van der Waals surface area contributed by atoms with Crippen molar-refractivity contribution in [2.24, 2.45) is 0 Å². The summed E-state index contributed by atoms with van der Waals surface area (Å²) in [6, 6.07) is 20.1. The molecule has 0 amide bonds. The van der Waals surface area contributed by atoms with Gasteiger partial charge in [-0.1, -0.05) is 36.4 Å². The molecule has 2 aromatic heterocycles. The number of carboxylic acid groups (broad SMARTS) is 2. The van der Waals surface area contributed by atoms with Crippen LogP contribution < -0.4 is 69.3 Å². The van der Waals surface area contributed by atoms with Crippen LogP contribution in [0.2, 0.25) is 0 Å². The number of hydrogen-bond acceptors (Lipinski definition) is 4. The molecule has 0 saturated heterocycles. The molecule has 6 nitrogen and oxygen atoms in total. The Balaban J connectivity index is 0.000000301. The van der Waals surface area contributed by atoms with Crippen LogP contribution in [0.15, 0.2) is 60.7 Å². The van der Waals surface area contributed by atoms with Gasteiger partial charge in [0.1, 0.15) is 0 Å². The van der Waals surface area contributed by atoms with E-state index < -0.39 is 11.9 Å². The van der Waals surface area contributed by atoms with Gasteiger partial charge in [-0.3, -0.25) is 0 Å². The molecule has 0 bridgehead atoms. The molecule has 0 fully saturated rings. The Hall–Kier alpha value is -1.54. The number of para-hydroxylation sites is 2. The molecular formula is C24H24N2Na2O4. The van der Waals surface area contributed by atoms with Crippen LogP contribution in [0.4, 0.5) is 0 Å². The predicted octanol–water partition coefficient (Wildman–Crippen LogP) is -3.51. The van der Waals surface area contributed by atoms with Crippen molar-refractivity contribution in [1.82, 2.24) is 9.97 Å². The van der Waals surface area contributed by atoms with Crippen LogP contribution in [-0.2, 0) is 22.4 Å². The Morgan fingerprint density at radius 1 is 0.656 bits per heavy atom. The molecule has 8 heteroatoms. The molecule has 0 saturated carbocycles. The maximum absolute atomic E-state index is 10.2. The third-order valence-electron chi connectivity index (χ3n) is 4.83. The van der Waals surface area contributed by atoms with Crippen LogP contribution in [-0.4, -0.2) is 21.9 Å². The number of carboxylic acids is 2.